The molecule has 16 heavy (non-hydrogen) atoms. The maximum atomic E-state index is 12.7. The summed E-state index contributed by atoms with van der Waals surface area (Å²) >= 11 is 0. The van der Waals surface area contributed by atoms with Gasteiger partial charge in [0.05, 0.1) is 6.20 Å². The molecule has 0 aliphatic rings. The molecule has 0 saturated carbocycles. The van der Waals surface area contributed by atoms with Gasteiger partial charge in [0.1, 0.15) is 18.1 Å². The van der Waals surface area contributed by atoms with E-state index >= 15 is 0 Å². The molecular weight excluding hydrogens is 213 g/mol. The zero-order valence-electron chi connectivity index (χ0n) is 8.17. The van der Waals surface area contributed by atoms with Crippen LogP contribution in [0.3, 0.4) is 0 Å². The molecule has 1 aromatic heterocycles. The van der Waals surface area contributed by atoms with Crippen molar-refractivity contribution in [2.45, 2.75) is 6.54 Å². The molecule has 82 valence electrons. The van der Waals surface area contributed by atoms with Crippen LogP contribution in [0.5, 0.6) is 0 Å². The molecule has 0 aliphatic carbocycles. The Balaban J connectivity index is 2.24. The van der Waals surface area contributed by atoms with E-state index in [9.17, 15) is 9.18 Å². The van der Waals surface area contributed by atoms with E-state index in [0.717, 1.165) is 0 Å². The fourth-order valence-electron chi connectivity index (χ4n) is 1.27. The van der Waals surface area contributed by atoms with Crippen LogP contribution < -0.4 is 0 Å². The molecule has 1 N–H and O–H groups in total. The number of benzene rings is 1. The summed E-state index contributed by atoms with van der Waals surface area (Å²) in [5.41, 5.74) is 1.21. The predicted octanol–water partition coefficient (Wildman–Crippen LogP) is 1.17. The van der Waals surface area contributed by atoms with Gasteiger partial charge < -0.3 is 5.11 Å². The Bertz CT molecular complexity index is 507. The van der Waals surface area contributed by atoms with E-state index < -0.39 is 5.97 Å². The summed E-state index contributed by atoms with van der Waals surface area (Å²) in [4.78, 5) is 10.4. The Hall–Kier alpha value is -2.24. The summed E-state index contributed by atoms with van der Waals surface area (Å²) in [6.07, 6.45) is 1.50. The Morgan fingerprint density at radius 3 is 2.69 bits per heavy atom. The van der Waals surface area contributed by atoms with Crippen LogP contribution in [-0.4, -0.2) is 26.1 Å². The van der Waals surface area contributed by atoms with Crippen molar-refractivity contribution in [3.63, 3.8) is 0 Å². The highest BCUT2D eigenvalue weighted by Crippen LogP contribution is 2.15. The normalized spacial score (nSPS) is 10.3. The van der Waals surface area contributed by atoms with Gasteiger partial charge in [0.15, 0.2) is 0 Å². The van der Waals surface area contributed by atoms with E-state index in [1.807, 2.05) is 0 Å². The first-order chi connectivity index (χ1) is 7.65. The Kier molecular flexibility index (Phi) is 2.63. The lowest BCUT2D eigenvalue weighted by Gasteiger charge is -1.94. The lowest BCUT2D eigenvalue weighted by Crippen LogP contribution is -2.08. The van der Waals surface area contributed by atoms with Crippen LogP contribution >= 0.6 is 0 Å². The minimum Gasteiger partial charge on any atom is -0.480 e. The van der Waals surface area contributed by atoms with Crippen molar-refractivity contribution in [3.8, 4) is 11.3 Å². The highest BCUT2D eigenvalue weighted by molar-refractivity contribution is 5.66. The van der Waals surface area contributed by atoms with Gasteiger partial charge in [-0.05, 0) is 24.3 Å². The number of halogens is 1. The van der Waals surface area contributed by atoms with E-state index in [1.165, 1.54) is 23.0 Å². The van der Waals surface area contributed by atoms with Crippen molar-refractivity contribution in [3.05, 3.63) is 36.3 Å². The van der Waals surface area contributed by atoms with Gasteiger partial charge >= 0.3 is 5.97 Å². The molecule has 2 rings (SSSR count). The third-order valence-corrected chi connectivity index (χ3v) is 1.98. The first kappa shape index (κ1) is 10.3. The summed E-state index contributed by atoms with van der Waals surface area (Å²) < 4.78 is 13.9. The number of aliphatic carboxylic acids is 1. The first-order valence-electron chi connectivity index (χ1n) is 4.53. The number of carboxylic acids is 1. The van der Waals surface area contributed by atoms with Crippen molar-refractivity contribution in [1.82, 2.24) is 15.0 Å². The van der Waals surface area contributed by atoms with Crippen LogP contribution in [0.1, 0.15) is 0 Å². The Labute approximate surface area is 90.1 Å². The van der Waals surface area contributed by atoms with E-state index in [-0.39, 0.29) is 12.4 Å². The van der Waals surface area contributed by atoms with Crippen molar-refractivity contribution in [1.29, 1.82) is 0 Å². The van der Waals surface area contributed by atoms with Crippen LogP contribution in [0.4, 0.5) is 4.39 Å². The van der Waals surface area contributed by atoms with Gasteiger partial charge in [0.25, 0.3) is 0 Å². The van der Waals surface area contributed by atoms with Crippen LogP contribution in [0.25, 0.3) is 11.3 Å². The minimum absolute atomic E-state index is 0.242. The van der Waals surface area contributed by atoms with Crippen LogP contribution in [0, 0.1) is 5.82 Å². The Morgan fingerprint density at radius 2 is 2.06 bits per heavy atom. The average molecular weight is 221 g/mol. The summed E-state index contributed by atoms with van der Waals surface area (Å²) in [5, 5.41) is 16.0. The summed E-state index contributed by atoms with van der Waals surface area (Å²) in [6.45, 7) is -0.242. The fourth-order valence-corrected chi connectivity index (χ4v) is 1.27. The Morgan fingerprint density at radius 1 is 1.38 bits per heavy atom. The highest BCUT2D eigenvalue weighted by Gasteiger charge is 2.06. The number of hydrogen-bond donors (Lipinski definition) is 1. The maximum Gasteiger partial charge on any atom is 0.325 e. The molecule has 0 saturated heterocycles. The maximum absolute atomic E-state index is 12.7. The second-order valence-electron chi connectivity index (χ2n) is 3.20. The lowest BCUT2D eigenvalue weighted by atomic mass is 10.2. The van der Waals surface area contributed by atoms with Gasteiger partial charge in [-0.25, -0.2) is 9.07 Å². The monoisotopic (exact) mass is 221 g/mol. The van der Waals surface area contributed by atoms with Gasteiger partial charge in [-0.2, -0.15) is 0 Å². The topological polar surface area (TPSA) is 68.0 Å². The van der Waals surface area contributed by atoms with Gasteiger partial charge in [-0.15, -0.1) is 5.10 Å². The lowest BCUT2D eigenvalue weighted by molar-refractivity contribution is -0.137. The van der Waals surface area contributed by atoms with Gasteiger partial charge in [-0.1, -0.05) is 5.21 Å². The molecule has 6 heteroatoms. The highest BCUT2D eigenvalue weighted by atomic mass is 19.1. The number of aromatic nitrogens is 3. The first-order valence-corrected chi connectivity index (χ1v) is 4.53. The molecule has 5 nitrogen and oxygen atoms in total. The molecule has 0 amide bonds. The molecule has 0 radical (unpaired) electrons. The summed E-state index contributed by atoms with van der Waals surface area (Å²) in [5.74, 6) is -1.32. The van der Waals surface area contributed by atoms with Gasteiger partial charge in [0.2, 0.25) is 0 Å². The summed E-state index contributed by atoms with van der Waals surface area (Å²) in [6, 6.07) is 5.74. The van der Waals surface area contributed by atoms with Crippen molar-refractivity contribution in [2.75, 3.05) is 0 Å². The summed E-state index contributed by atoms with van der Waals surface area (Å²) in [7, 11) is 0. The van der Waals surface area contributed by atoms with E-state index in [0.29, 0.717) is 11.3 Å². The second kappa shape index (κ2) is 4.09. The van der Waals surface area contributed by atoms with Crippen LogP contribution in [0.2, 0.25) is 0 Å². The van der Waals surface area contributed by atoms with Crippen molar-refractivity contribution < 1.29 is 14.3 Å². The molecule has 0 bridgehead atoms. The SMILES string of the molecule is O=C(O)Cn1cc(-c2ccc(F)cc2)nn1. The molecule has 0 aliphatic heterocycles. The van der Waals surface area contributed by atoms with Gasteiger partial charge in [0, 0.05) is 5.56 Å². The van der Waals surface area contributed by atoms with Crippen LogP contribution in [-0.2, 0) is 11.3 Å². The average Bonchev–Trinajstić information content (AvgIpc) is 2.66. The molecule has 1 heterocycles. The van der Waals surface area contributed by atoms with Crippen molar-refractivity contribution in [2.24, 2.45) is 0 Å². The number of nitrogens with zero attached hydrogens (tertiary/aromatic N) is 3. The van der Waals surface area contributed by atoms with E-state index in [1.54, 1.807) is 12.1 Å². The largest absolute Gasteiger partial charge is 0.480 e. The molecule has 1 aromatic carbocycles. The molecular formula is C10H8FN3O2. The second-order valence-corrected chi connectivity index (χ2v) is 3.20. The quantitative estimate of drug-likeness (QED) is 0.844. The number of carbonyl (C=O) groups is 1. The molecule has 0 unspecified atom stereocenters. The standard InChI is InChI=1S/C10H8FN3O2/c11-8-3-1-7(2-4-8)9-5-14(13-12-9)6-10(15)16/h1-5H,6H2,(H,15,16). The van der Waals surface area contributed by atoms with Crippen LogP contribution in [0.15, 0.2) is 30.5 Å². The number of carboxylic acid groups (broad SMARTS) is 1. The molecule has 0 atom stereocenters. The zero-order chi connectivity index (χ0) is 11.5. The third kappa shape index (κ3) is 2.22. The molecule has 0 spiro atoms. The minimum atomic E-state index is -0.990. The molecule has 0 fully saturated rings. The van der Waals surface area contributed by atoms with Crippen molar-refractivity contribution >= 4 is 5.97 Å². The molecule has 2 aromatic rings. The smallest absolute Gasteiger partial charge is 0.325 e. The third-order valence-electron chi connectivity index (χ3n) is 1.98. The fraction of sp³-hybridized carbons (Fsp3) is 0.100. The van der Waals surface area contributed by atoms with E-state index in [2.05, 4.69) is 10.3 Å². The van der Waals surface area contributed by atoms with E-state index in [4.69, 9.17) is 5.11 Å². The zero-order valence-corrected chi connectivity index (χ0v) is 8.17. The number of rotatable bonds is 3. The predicted molar refractivity (Wildman–Crippen MR) is 53.1 cm³/mol. The number of hydrogen-bond acceptors (Lipinski definition) is 3. The van der Waals surface area contributed by atoms with Gasteiger partial charge in [-0.3, -0.25) is 4.79 Å².